The van der Waals surface area contributed by atoms with E-state index in [-0.39, 0.29) is 45.4 Å². The molecule has 0 radical (unpaired) electrons. The van der Waals surface area contributed by atoms with E-state index in [0.29, 0.717) is 43.6 Å². The lowest BCUT2D eigenvalue weighted by atomic mass is 9.91. The maximum Gasteiger partial charge on any atom is 0.410 e. The Morgan fingerprint density at radius 3 is 1.14 bits per heavy atom. The number of rotatable bonds is 14. The molecule has 73 heavy (non-hydrogen) atoms. The first-order chi connectivity index (χ1) is 35.3. The highest BCUT2D eigenvalue weighted by atomic mass is 16.6. The van der Waals surface area contributed by atoms with Crippen molar-refractivity contribution in [2.75, 3.05) is 39.3 Å². The smallest absolute Gasteiger partial charge is 0.410 e. The molecule has 16 nitrogen and oxygen atoms in total. The lowest BCUT2D eigenvalue weighted by molar-refractivity contribution is -0.142. The van der Waals surface area contributed by atoms with E-state index in [4.69, 9.17) is 29.5 Å². The average molecular weight is 1010 g/mol. The van der Waals surface area contributed by atoms with Crippen LogP contribution in [0.15, 0.2) is 113 Å². The molecule has 0 bridgehead atoms. The molecule has 3 aromatic carbocycles. The summed E-state index contributed by atoms with van der Waals surface area (Å²) in [5.74, 6) is -3.23. The minimum absolute atomic E-state index is 0.0109. The number of aliphatic carboxylic acids is 3. The van der Waals surface area contributed by atoms with Gasteiger partial charge in [-0.3, -0.25) is 14.6 Å². The molecule has 0 spiro atoms. The standard InChI is InChI=1S/C15H19NO4.2C15H17NO4.C12H23N/c3*1-2-12-8-16(9-13(12)14(17)18)15(19)20-10-11-6-4-3-5-7-11;1-3-7-11(8-4-1)13-12-9-5-2-6-10-12/h3-7,12-13H,2,8-10H2,1H3,(H,17,18);2*3-7H,2,8-10H2,1H3,(H,17,18);11-13H,1-10H2/t12-,13+;;;/m1.../s1. The van der Waals surface area contributed by atoms with E-state index in [1.165, 1.54) is 78.9 Å². The second-order valence-corrected chi connectivity index (χ2v) is 19.2. The van der Waals surface area contributed by atoms with Crippen molar-refractivity contribution < 1.29 is 58.3 Å². The minimum Gasteiger partial charge on any atom is -0.481 e. The van der Waals surface area contributed by atoms with Crippen molar-refractivity contribution in [2.45, 2.75) is 136 Å². The van der Waals surface area contributed by atoms with Crippen molar-refractivity contribution >= 4 is 36.2 Å². The molecule has 2 atom stereocenters. The Morgan fingerprint density at radius 2 is 0.849 bits per heavy atom. The van der Waals surface area contributed by atoms with Crippen LogP contribution in [0, 0.1) is 11.8 Å². The van der Waals surface area contributed by atoms with Crippen LogP contribution in [0.4, 0.5) is 14.4 Å². The van der Waals surface area contributed by atoms with E-state index < -0.39 is 42.1 Å². The summed E-state index contributed by atoms with van der Waals surface area (Å²) in [5.41, 5.74) is 4.92. The van der Waals surface area contributed by atoms with Gasteiger partial charge in [0.1, 0.15) is 19.8 Å². The summed E-state index contributed by atoms with van der Waals surface area (Å²) in [6.07, 6.45) is 15.2. The zero-order chi connectivity index (χ0) is 52.5. The number of benzene rings is 3. The SMILES string of the molecule is C1CCC(NC2CCCCC2)CC1.CCC1=C(C(=O)O)CN(C(=O)OCc2ccccc2)C1.CCC1=C(C(=O)O)CN(C(=O)OCc2ccccc2)C1.CC[C@@H]1CN(C(=O)OCc2ccccc2)C[C@@H]1C(=O)O. The zero-order valence-corrected chi connectivity index (χ0v) is 42.9. The van der Waals surface area contributed by atoms with Gasteiger partial charge in [-0.25, -0.2) is 24.0 Å². The van der Waals surface area contributed by atoms with Crippen LogP contribution < -0.4 is 5.32 Å². The largest absolute Gasteiger partial charge is 0.481 e. The number of hydrogen-bond donors (Lipinski definition) is 4. The lowest BCUT2D eigenvalue weighted by Crippen LogP contribution is -2.40. The van der Waals surface area contributed by atoms with Crippen molar-refractivity contribution in [1.82, 2.24) is 20.0 Å². The monoisotopic (exact) mass is 1010 g/mol. The van der Waals surface area contributed by atoms with Crippen LogP contribution in [0.3, 0.4) is 0 Å². The zero-order valence-electron chi connectivity index (χ0n) is 42.9. The Bertz CT molecular complexity index is 2110. The predicted octanol–water partition coefficient (Wildman–Crippen LogP) is 10.5. The summed E-state index contributed by atoms with van der Waals surface area (Å²) in [6.45, 7) is 7.93. The summed E-state index contributed by atoms with van der Waals surface area (Å²) < 4.78 is 15.6. The number of ether oxygens (including phenoxy) is 3. The number of hydrogen-bond acceptors (Lipinski definition) is 10. The Hall–Kier alpha value is -6.68. The molecule has 0 aromatic heterocycles. The van der Waals surface area contributed by atoms with Crippen LogP contribution in [0.5, 0.6) is 0 Å². The number of carboxylic acids is 3. The van der Waals surface area contributed by atoms with Gasteiger partial charge >= 0.3 is 36.2 Å². The molecule has 3 heterocycles. The van der Waals surface area contributed by atoms with E-state index in [9.17, 15) is 28.8 Å². The third-order valence-electron chi connectivity index (χ3n) is 14.0. The first kappa shape index (κ1) is 57.2. The maximum atomic E-state index is 12.0. The van der Waals surface area contributed by atoms with Crippen molar-refractivity contribution in [2.24, 2.45) is 11.8 Å². The number of carbonyl (C=O) groups excluding carboxylic acids is 3. The maximum absolute atomic E-state index is 12.0. The molecule has 16 heteroatoms. The fraction of sp³-hybridized carbons (Fsp3) is 0.509. The molecule has 5 aliphatic rings. The minimum atomic E-state index is -0.958. The van der Waals surface area contributed by atoms with Crippen LogP contribution in [0.1, 0.15) is 121 Å². The molecule has 3 aromatic rings. The van der Waals surface area contributed by atoms with Gasteiger partial charge in [0.2, 0.25) is 0 Å². The van der Waals surface area contributed by atoms with Crippen LogP contribution >= 0.6 is 0 Å². The van der Waals surface area contributed by atoms with Gasteiger partial charge in [-0.2, -0.15) is 0 Å². The molecule has 3 amide bonds. The van der Waals surface area contributed by atoms with Crippen LogP contribution in [0.2, 0.25) is 0 Å². The third-order valence-corrected chi connectivity index (χ3v) is 14.0. The number of likely N-dealkylation sites (tertiary alicyclic amines) is 1. The fourth-order valence-corrected chi connectivity index (χ4v) is 9.73. The van der Waals surface area contributed by atoms with Crippen molar-refractivity contribution in [3.8, 4) is 0 Å². The quantitative estimate of drug-likeness (QED) is 0.111. The lowest BCUT2D eigenvalue weighted by Gasteiger charge is -2.30. The number of nitrogens with zero attached hydrogens (tertiary/aromatic N) is 3. The van der Waals surface area contributed by atoms with Gasteiger partial charge in [-0.05, 0) is 72.3 Å². The van der Waals surface area contributed by atoms with Gasteiger partial charge in [-0.15, -0.1) is 0 Å². The van der Waals surface area contributed by atoms with Crippen molar-refractivity contribution in [1.29, 1.82) is 0 Å². The average Bonchev–Trinajstić information content (AvgIpc) is 4.19. The molecule has 0 unspecified atom stereocenters. The van der Waals surface area contributed by atoms with Gasteiger partial charge in [0.15, 0.2) is 0 Å². The van der Waals surface area contributed by atoms with Crippen LogP contribution in [0.25, 0.3) is 0 Å². The Balaban J connectivity index is 0.000000182. The Kier molecular flexibility index (Phi) is 23.8. The highest BCUT2D eigenvalue weighted by Crippen LogP contribution is 2.28. The van der Waals surface area contributed by atoms with Crippen LogP contribution in [-0.4, -0.2) is 118 Å². The topological polar surface area (TPSA) is 213 Å². The molecule has 4 N–H and O–H groups in total. The highest BCUT2D eigenvalue weighted by Gasteiger charge is 2.39. The summed E-state index contributed by atoms with van der Waals surface area (Å²) in [4.78, 5) is 73.5. The third kappa shape index (κ3) is 18.7. The summed E-state index contributed by atoms with van der Waals surface area (Å²) in [5, 5.41) is 31.2. The number of carboxylic acid groups (broad SMARTS) is 3. The van der Waals surface area contributed by atoms with E-state index in [1.54, 1.807) is 0 Å². The number of carbonyl (C=O) groups is 6. The Labute approximate surface area is 430 Å². The second kappa shape index (κ2) is 30.4. The summed E-state index contributed by atoms with van der Waals surface area (Å²) in [7, 11) is 0. The van der Waals surface area contributed by atoms with Gasteiger partial charge < -0.3 is 39.7 Å². The molecule has 8 rings (SSSR count). The van der Waals surface area contributed by atoms with E-state index in [0.717, 1.165) is 46.3 Å². The van der Waals surface area contributed by atoms with Gasteiger partial charge in [0, 0.05) is 38.3 Å². The van der Waals surface area contributed by atoms with E-state index in [2.05, 4.69) is 5.32 Å². The van der Waals surface area contributed by atoms with Gasteiger partial charge in [0.05, 0.1) is 30.2 Å². The first-order valence-corrected chi connectivity index (χ1v) is 26.0. The molecule has 1 saturated heterocycles. The summed E-state index contributed by atoms with van der Waals surface area (Å²) >= 11 is 0. The number of amides is 3. The Morgan fingerprint density at radius 1 is 0.493 bits per heavy atom. The molecule has 3 fully saturated rings. The van der Waals surface area contributed by atoms with Crippen LogP contribution in [-0.2, 0) is 48.4 Å². The van der Waals surface area contributed by atoms with Crippen molar-refractivity contribution in [3.05, 3.63) is 130 Å². The van der Waals surface area contributed by atoms with Gasteiger partial charge in [0.25, 0.3) is 0 Å². The number of nitrogens with one attached hydrogen (secondary N) is 1. The second-order valence-electron chi connectivity index (χ2n) is 19.2. The van der Waals surface area contributed by atoms with E-state index >= 15 is 0 Å². The molecule has 396 valence electrons. The predicted molar refractivity (Wildman–Crippen MR) is 276 cm³/mol. The molecular formula is C57H76N4O12. The first-order valence-electron chi connectivity index (χ1n) is 26.0. The molecule has 2 saturated carbocycles. The normalized spacial score (nSPS) is 18.9. The van der Waals surface area contributed by atoms with Gasteiger partial charge in [-0.1, -0.05) is 157 Å². The summed E-state index contributed by atoms with van der Waals surface area (Å²) in [6, 6.07) is 29.9. The molecule has 2 aliphatic carbocycles. The fourth-order valence-electron chi connectivity index (χ4n) is 9.73. The molecular weight excluding hydrogens is 933 g/mol. The van der Waals surface area contributed by atoms with Crippen molar-refractivity contribution in [3.63, 3.8) is 0 Å². The highest BCUT2D eigenvalue weighted by molar-refractivity contribution is 5.91. The van der Waals surface area contributed by atoms with E-state index in [1.807, 2.05) is 112 Å². The molecule has 3 aliphatic heterocycles.